The zero-order chi connectivity index (χ0) is 11.6. The van der Waals surface area contributed by atoms with Gasteiger partial charge in [-0.2, -0.15) is 0 Å². The Balaban J connectivity index is 2.95. The Bertz CT molecular complexity index is 427. The quantitative estimate of drug-likeness (QED) is 0.803. The van der Waals surface area contributed by atoms with Gasteiger partial charge in [-0.25, -0.2) is 12.8 Å². The van der Waals surface area contributed by atoms with Crippen molar-refractivity contribution in [2.24, 2.45) is 0 Å². The molecule has 84 valence electrons. The highest BCUT2D eigenvalue weighted by Gasteiger charge is 2.24. The van der Waals surface area contributed by atoms with Crippen LogP contribution in [-0.2, 0) is 9.84 Å². The maximum atomic E-state index is 12.7. The monoisotopic (exact) mass is 294 g/mol. The van der Waals surface area contributed by atoms with Crippen LogP contribution >= 0.6 is 15.9 Å². The number of hydrogen-bond donors (Lipinski definition) is 0. The third-order valence-electron chi connectivity index (χ3n) is 2.28. The first-order chi connectivity index (χ1) is 6.82. The van der Waals surface area contributed by atoms with E-state index in [1.165, 1.54) is 18.4 Å². The van der Waals surface area contributed by atoms with Crippen molar-refractivity contribution in [3.8, 4) is 0 Å². The summed E-state index contributed by atoms with van der Waals surface area (Å²) in [5.74, 6) is -0.328. The van der Waals surface area contributed by atoms with Crippen molar-refractivity contribution in [2.75, 3.05) is 6.26 Å². The lowest BCUT2D eigenvalue weighted by Crippen LogP contribution is -2.20. The molecule has 0 radical (unpaired) electrons. The van der Waals surface area contributed by atoms with Crippen LogP contribution in [0, 0.1) is 5.82 Å². The van der Waals surface area contributed by atoms with Gasteiger partial charge < -0.3 is 0 Å². The van der Waals surface area contributed by atoms with Crippen molar-refractivity contribution in [2.45, 2.75) is 17.0 Å². The van der Waals surface area contributed by atoms with E-state index in [2.05, 4.69) is 15.9 Å². The summed E-state index contributed by atoms with van der Waals surface area (Å²) in [6.07, 6.45) is 1.19. The number of rotatable bonds is 3. The first-order valence-electron chi connectivity index (χ1n) is 4.41. The maximum absolute atomic E-state index is 12.7. The normalized spacial score (nSPS) is 16.0. The minimum atomic E-state index is -3.10. The molecular formula is C10H12BrFO2S. The molecule has 2 unspecified atom stereocenters. The van der Waals surface area contributed by atoms with E-state index in [0.29, 0.717) is 0 Å². The van der Waals surface area contributed by atoms with Crippen molar-refractivity contribution in [3.05, 3.63) is 35.6 Å². The van der Waals surface area contributed by atoms with E-state index in [4.69, 9.17) is 0 Å². The molecule has 0 aliphatic heterocycles. The summed E-state index contributed by atoms with van der Waals surface area (Å²) in [5.41, 5.74) is 0.759. The zero-order valence-electron chi connectivity index (χ0n) is 8.44. The molecule has 0 aromatic heterocycles. The SMILES string of the molecule is CC(C(Br)c1ccc(F)cc1)S(C)(=O)=O. The highest BCUT2D eigenvalue weighted by Crippen LogP contribution is 2.30. The highest BCUT2D eigenvalue weighted by molar-refractivity contribution is 9.09. The average molecular weight is 295 g/mol. The van der Waals surface area contributed by atoms with E-state index in [1.54, 1.807) is 19.1 Å². The van der Waals surface area contributed by atoms with Gasteiger partial charge in [-0.05, 0) is 24.6 Å². The molecule has 0 amide bonds. The first-order valence-corrected chi connectivity index (χ1v) is 7.28. The molecule has 0 heterocycles. The second-order valence-electron chi connectivity index (χ2n) is 3.49. The maximum Gasteiger partial charge on any atom is 0.151 e. The second kappa shape index (κ2) is 4.61. The molecule has 0 N–H and O–H groups in total. The van der Waals surface area contributed by atoms with Crippen molar-refractivity contribution >= 4 is 25.8 Å². The number of benzene rings is 1. The summed E-state index contributed by atoms with van der Waals surface area (Å²) in [6, 6.07) is 5.80. The summed E-state index contributed by atoms with van der Waals surface area (Å²) in [5, 5.41) is -0.539. The van der Waals surface area contributed by atoms with Crippen LogP contribution in [0.5, 0.6) is 0 Å². The number of hydrogen-bond acceptors (Lipinski definition) is 2. The molecule has 0 saturated heterocycles. The van der Waals surface area contributed by atoms with Crippen LogP contribution in [0.25, 0.3) is 0 Å². The van der Waals surface area contributed by atoms with E-state index in [0.717, 1.165) is 5.56 Å². The molecule has 2 atom stereocenters. The zero-order valence-corrected chi connectivity index (χ0v) is 10.8. The summed E-state index contributed by atoms with van der Waals surface area (Å²) in [4.78, 5) is -0.312. The molecule has 1 aromatic rings. The van der Waals surface area contributed by atoms with E-state index in [9.17, 15) is 12.8 Å². The Morgan fingerprint density at radius 2 is 1.73 bits per heavy atom. The smallest absolute Gasteiger partial charge is 0.151 e. The van der Waals surface area contributed by atoms with E-state index in [-0.39, 0.29) is 10.6 Å². The lowest BCUT2D eigenvalue weighted by Gasteiger charge is -2.16. The van der Waals surface area contributed by atoms with Crippen molar-refractivity contribution in [1.82, 2.24) is 0 Å². The largest absolute Gasteiger partial charge is 0.229 e. The van der Waals surface area contributed by atoms with Gasteiger partial charge in [0.05, 0.1) is 10.1 Å². The summed E-state index contributed by atoms with van der Waals surface area (Å²) in [7, 11) is -3.10. The predicted molar refractivity (Wildman–Crippen MR) is 62.4 cm³/mol. The molecule has 0 fully saturated rings. The fourth-order valence-electron chi connectivity index (χ4n) is 1.13. The summed E-state index contributed by atoms with van der Waals surface area (Å²) in [6.45, 7) is 1.62. The van der Waals surface area contributed by atoms with Gasteiger partial charge in [-0.1, -0.05) is 28.1 Å². The first kappa shape index (κ1) is 12.6. The third-order valence-corrected chi connectivity index (χ3v) is 5.57. The Kier molecular flexibility index (Phi) is 3.89. The van der Waals surface area contributed by atoms with Gasteiger partial charge in [-0.3, -0.25) is 0 Å². The van der Waals surface area contributed by atoms with Crippen LogP contribution in [0.2, 0.25) is 0 Å². The Hall–Kier alpha value is -0.420. The van der Waals surface area contributed by atoms with E-state index < -0.39 is 15.1 Å². The second-order valence-corrected chi connectivity index (χ2v) is 6.88. The molecule has 0 aliphatic carbocycles. The number of sulfone groups is 1. The van der Waals surface area contributed by atoms with E-state index in [1.807, 2.05) is 0 Å². The molecule has 0 bridgehead atoms. The Labute approximate surface area is 97.5 Å². The van der Waals surface area contributed by atoms with Gasteiger partial charge in [0, 0.05) is 6.26 Å². The van der Waals surface area contributed by atoms with Crippen LogP contribution in [0.4, 0.5) is 4.39 Å². The minimum Gasteiger partial charge on any atom is -0.229 e. The van der Waals surface area contributed by atoms with Crippen LogP contribution in [0.15, 0.2) is 24.3 Å². The topological polar surface area (TPSA) is 34.1 Å². The van der Waals surface area contributed by atoms with Gasteiger partial charge >= 0.3 is 0 Å². The molecule has 0 aliphatic rings. The third kappa shape index (κ3) is 3.28. The molecule has 0 saturated carbocycles. The lowest BCUT2D eigenvalue weighted by molar-refractivity contribution is 0.588. The van der Waals surface area contributed by atoms with Crippen LogP contribution in [-0.4, -0.2) is 19.9 Å². The number of halogens is 2. The molecular weight excluding hydrogens is 283 g/mol. The van der Waals surface area contributed by atoms with Crippen LogP contribution in [0.1, 0.15) is 17.3 Å². The van der Waals surface area contributed by atoms with Gasteiger partial charge in [0.1, 0.15) is 5.82 Å². The minimum absolute atomic E-state index is 0.312. The van der Waals surface area contributed by atoms with Gasteiger partial charge in [0.25, 0.3) is 0 Å². The highest BCUT2D eigenvalue weighted by atomic mass is 79.9. The van der Waals surface area contributed by atoms with Crippen molar-refractivity contribution < 1.29 is 12.8 Å². The van der Waals surface area contributed by atoms with Crippen molar-refractivity contribution in [3.63, 3.8) is 0 Å². The van der Waals surface area contributed by atoms with Gasteiger partial charge in [0.2, 0.25) is 0 Å². The van der Waals surface area contributed by atoms with Crippen molar-refractivity contribution in [1.29, 1.82) is 0 Å². The van der Waals surface area contributed by atoms with Gasteiger partial charge in [0.15, 0.2) is 9.84 Å². The van der Waals surface area contributed by atoms with E-state index >= 15 is 0 Å². The van der Waals surface area contributed by atoms with Crippen LogP contribution < -0.4 is 0 Å². The molecule has 2 nitrogen and oxygen atoms in total. The molecule has 1 aromatic carbocycles. The fraction of sp³-hybridized carbons (Fsp3) is 0.400. The Morgan fingerprint density at radius 3 is 2.13 bits per heavy atom. The fourth-order valence-corrected chi connectivity index (χ4v) is 3.21. The lowest BCUT2D eigenvalue weighted by atomic mass is 10.1. The Morgan fingerprint density at radius 1 is 1.27 bits per heavy atom. The van der Waals surface area contributed by atoms with Gasteiger partial charge in [-0.15, -0.1) is 0 Å². The summed E-state index contributed by atoms with van der Waals surface area (Å²) < 4.78 is 35.3. The molecule has 0 spiro atoms. The standard InChI is InChI=1S/C10H12BrFO2S/c1-7(15(2,13)14)10(11)8-3-5-9(12)6-4-8/h3-7,10H,1-2H3. The molecule has 15 heavy (non-hydrogen) atoms. The average Bonchev–Trinajstić information content (AvgIpc) is 2.15. The number of alkyl halides is 1. The van der Waals surface area contributed by atoms with Crippen LogP contribution in [0.3, 0.4) is 0 Å². The summed E-state index contributed by atoms with van der Waals surface area (Å²) >= 11 is 3.31. The molecule has 1 rings (SSSR count). The predicted octanol–water partition coefficient (Wildman–Crippen LogP) is 2.69. The molecule has 5 heteroatoms.